The Hall–Kier alpha value is -1.10. The van der Waals surface area contributed by atoms with Crippen molar-refractivity contribution in [2.75, 3.05) is 13.6 Å². The number of carbonyl (C=O) groups excluding carboxylic acids is 1. The monoisotopic (exact) mass is 230 g/mol. The molecule has 94 valence electrons. The summed E-state index contributed by atoms with van der Waals surface area (Å²) in [5.41, 5.74) is 5.76. The van der Waals surface area contributed by atoms with E-state index in [9.17, 15) is 9.59 Å². The van der Waals surface area contributed by atoms with Crippen molar-refractivity contribution in [3.8, 4) is 0 Å². The zero-order chi connectivity index (χ0) is 12.9. The van der Waals surface area contributed by atoms with E-state index in [1.807, 2.05) is 20.8 Å². The molecule has 5 heteroatoms. The van der Waals surface area contributed by atoms with Crippen molar-refractivity contribution >= 4 is 11.9 Å². The average molecular weight is 230 g/mol. The molecule has 0 aromatic heterocycles. The number of hydrogen-bond acceptors (Lipinski definition) is 3. The molecular weight excluding hydrogens is 208 g/mol. The highest BCUT2D eigenvalue weighted by Crippen LogP contribution is 2.20. The SMILES string of the molecule is CN(CCC(=O)O)C(=O)CC(N)C(C)(C)C. The van der Waals surface area contributed by atoms with Crippen molar-refractivity contribution < 1.29 is 14.7 Å². The maximum atomic E-state index is 11.7. The van der Waals surface area contributed by atoms with Crippen molar-refractivity contribution in [1.82, 2.24) is 4.90 Å². The quantitative estimate of drug-likeness (QED) is 0.727. The van der Waals surface area contributed by atoms with Gasteiger partial charge in [-0.1, -0.05) is 20.8 Å². The predicted octanol–water partition coefficient (Wildman–Crippen LogP) is 0.683. The van der Waals surface area contributed by atoms with Crippen LogP contribution in [0.15, 0.2) is 0 Å². The van der Waals surface area contributed by atoms with Gasteiger partial charge in [0.05, 0.1) is 6.42 Å². The van der Waals surface area contributed by atoms with Gasteiger partial charge in [-0.3, -0.25) is 9.59 Å². The fraction of sp³-hybridized carbons (Fsp3) is 0.818. The minimum absolute atomic E-state index is 0.0347. The maximum absolute atomic E-state index is 11.7. The van der Waals surface area contributed by atoms with Crippen molar-refractivity contribution in [2.45, 2.75) is 39.7 Å². The molecule has 0 aliphatic rings. The molecule has 5 nitrogen and oxygen atoms in total. The van der Waals surface area contributed by atoms with E-state index in [-0.39, 0.29) is 36.8 Å². The highest BCUT2D eigenvalue weighted by atomic mass is 16.4. The molecule has 1 atom stereocenters. The van der Waals surface area contributed by atoms with Gasteiger partial charge in [0, 0.05) is 26.1 Å². The zero-order valence-corrected chi connectivity index (χ0v) is 10.5. The molecule has 0 spiro atoms. The molecule has 0 fully saturated rings. The zero-order valence-electron chi connectivity index (χ0n) is 10.5. The molecule has 0 saturated carbocycles. The Kier molecular flexibility index (Phi) is 5.44. The predicted molar refractivity (Wildman–Crippen MR) is 61.9 cm³/mol. The van der Waals surface area contributed by atoms with E-state index in [1.54, 1.807) is 7.05 Å². The average Bonchev–Trinajstić information content (AvgIpc) is 2.12. The van der Waals surface area contributed by atoms with Crippen LogP contribution in [-0.2, 0) is 9.59 Å². The van der Waals surface area contributed by atoms with Crippen LogP contribution in [0.25, 0.3) is 0 Å². The van der Waals surface area contributed by atoms with E-state index < -0.39 is 5.97 Å². The Bertz CT molecular complexity index is 258. The number of nitrogens with two attached hydrogens (primary N) is 1. The van der Waals surface area contributed by atoms with Crippen LogP contribution in [0.5, 0.6) is 0 Å². The molecule has 0 aromatic carbocycles. The first-order valence-corrected chi connectivity index (χ1v) is 5.36. The van der Waals surface area contributed by atoms with Gasteiger partial charge in [-0.05, 0) is 5.41 Å². The Labute approximate surface area is 96.6 Å². The van der Waals surface area contributed by atoms with E-state index in [0.717, 1.165) is 0 Å². The smallest absolute Gasteiger partial charge is 0.305 e. The third-order valence-corrected chi connectivity index (χ3v) is 2.59. The van der Waals surface area contributed by atoms with Gasteiger partial charge in [-0.25, -0.2) is 0 Å². The fourth-order valence-corrected chi connectivity index (χ4v) is 1.04. The van der Waals surface area contributed by atoms with Crippen molar-refractivity contribution in [2.24, 2.45) is 11.1 Å². The summed E-state index contributed by atoms with van der Waals surface area (Å²) < 4.78 is 0. The number of nitrogens with zero attached hydrogens (tertiary/aromatic N) is 1. The Balaban J connectivity index is 4.10. The van der Waals surface area contributed by atoms with Crippen LogP contribution in [0.2, 0.25) is 0 Å². The lowest BCUT2D eigenvalue weighted by atomic mass is 9.85. The van der Waals surface area contributed by atoms with Gasteiger partial charge in [-0.15, -0.1) is 0 Å². The van der Waals surface area contributed by atoms with Gasteiger partial charge in [0.25, 0.3) is 0 Å². The largest absolute Gasteiger partial charge is 0.481 e. The number of aliphatic carboxylic acids is 1. The second-order valence-electron chi connectivity index (χ2n) is 5.14. The van der Waals surface area contributed by atoms with E-state index in [0.29, 0.717) is 0 Å². The molecule has 0 rings (SSSR count). The third kappa shape index (κ3) is 5.70. The first kappa shape index (κ1) is 14.9. The number of amides is 1. The van der Waals surface area contributed by atoms with Gasteiger partial charge < -0.3 is 15.7 Å². The summed E-state index contributed by atoms with van der Waals surface area (Å²) in [7, 11) is 1.60. The molecule has 16 heavy (non-hydrogen) atoms. The summed E-state index contributed by atoms with van der Waals surface area (Å²) in [4.78, 5) is 23.4. The molecule has 1 unspecified atom stereocenters. The summed E-state index contributed by atoms with van der Waals surface area (Å²) in [5.74, 6) is -1.01. The van der Waals surface area contributed by atoms with Gasteiger partial charge in [0.15, 0.2) is 0 Å². The molecule has 0 aromatic rings. The van der Waals surface area contributed by atoms with Gasteiger partial charge >= 0.3 is 5.97 Å². The molecule has 0 heterocycles. The molecule has 0 bridgehead atoms. The van der Waals surface area contributed by atoms with Crippen molar-refractivity contribution in [3.63, 3.8) is 0 Å². The molecule has 0 radical (unpaired) electrons. The normalized spacial score (nSPS) is 13.3. The van der Waals surface area contributed by atoms with Crippen LogP contribution >= 0.6 is 0 Å². The summed E-state index contributed by atoms with van der Waals surface area (Å²) in [6.07, 6.45) is 0.215. The summed E-state index contributed by atoms with van der Waals surface area (Å²) in [6.45, 7) is 6.15. The second-order valence-corrected chi connectivity index (χ2v) is 5.14. The first-order chi connectivity index (χ1) is 7.14. The highest BCUT2D eigenvalue weighted by Gasteiger charge is 2.24. The van der Waals surface area contributed by atoms with Crippen LogP contribution in [0.3, 0.4) is 0 Å². The number of rotatable bonds is 5. The van der Waals surface area contributed by atoms with Gasteiger partial charge in [0.1, 0.15) is 0 Å². The van der Waals surface area contributed by atoms with Gasteiger partial charge in [0.2, 0.25) is 5.91 Å². The topological polar surface area (TPSA) is 83.6 Å². The number of carboxylic acid groups (broad SMARTS) is 1. The molecule has 0 saturated heterocycles. The summed E-state index contributed by atoms with van der Waals surface area (Å²) in [5, 5.41) is 8.49. The van der Waals surface area contributed by atoms with E-state index in [4.69, 9.17) is 10.8 Å². The number of carboxylic acids is 1. The standard InChI is InChI=1S/C11H22N2O3/c1-11(2,3)8(12)7-9(14)13(4)6-5-10(15)16/h8H,5-7,12H2,1-4H3,(H,15,16). The minimum Gasteiger partial charge on any atom is -0.481 e. The second kappa shape index (κ2) is 5.84. The molecule has 3 N–H and O–H groups in total. The Morgan fingerprint density at radius 2 is 1.88 bits per heavy atom. The highest BCUT2D eigenvalue weighted by molar-refractivity contribution is 5.77. The minimum atomic E-state index is -0.903. The van der Waals surface area contributed by atoms with Crippen molar-refractivity contribution in [3.05, 3.63) is 0 Å². The maximum Gasteiger partial charge on any atom is 0.305 e. The van der Waals surface area contributed by atoms with Gasteiger partial charge in [-0.2, -0.15) is 0 Å². The van der Waals surface area contributed by atoms with Crippen LogP contribution in [-0.4, -0.2) is 41.5 Å². The summed E-state index contributed by atoms with van der Waals surface area (Å²) in [6, 6.07) is -0.215. The number of hydrogen-bond donors (Lipinski definition) is 2. The van der Waals surface area contributed by atoms with E-state index in [1.165, 1.54) is 4.90 Å². The Morgan fingerprint density at radius 3 is 2.25 bits per heavy atom. The van der Waals surface area contributed by atoms with E-state index in [2.05, 4.69) is 0 Å². The summed E-state index contributed by atoms with van der Waals surface area (Å²) >= 11 is 0. The lowest BCUT2D eigenvalue weighted by Gasteiger charge is -2.28. The molecule has 1 amide bonds. The van der Waals surface area contributed by atoms with E-state index >= 15 is 0 Å². The molecular formula is C11H22N2O3. The third-order valence-electron chi connectivity index (χ3n) is 2.59. The van der Waals surface area contributed by atoms with Crippen LogP contribution in [0.1, 0.15) is 33.6 Å². The molecule has 0 aliphatic heterocycles. The Morgan fingerprint density at radius 1 is 1.38 bits per heavy atom. The number of carbonyl (C=O) groups is 2. The lowest BCUT2D eigenvalue weighted by Crippen LogP contribution is -2.41. The van der Waals surface area contributed by atoms with Crippen molar-refractivity contribution in [1.29, 1.82) is 0 Å². The lowest BCUT2D eigenvalue weighted by molar-refractivity contribution is -0.138. The molecule has 0 aliphatic carbocycles. The van der Waals surface area contributed by atoms with Crippen LogP contribution < -0.4 is 5.73 Å². The van der Waals surface area contributed by atoms with Crippen LogP contribution in [0.4, 0.5) is 0 Å². The fourth-order valence-electron chi connectivity index (χ4n) is 1.04. The first-order valence-electron chi connectivity index (χ1n) is 5.36. The van der Waals surface area contributed by atoms with Crippen LogP contribution in [0, 0.1) is 5.41 Å².